The number of hydrogen-bond acceptors (Lipinski definition) is 2. The van der Waals surface area contributed by atoms with Crippen LogP contribution in [0.5, 0.6) is 0 Å². The van der Waals surface area contributed by atoms with Crippen LogP contribution in [0, 0.1) is 5.92 Å². The molecule has 0 aromatic heterocycles. The van der Waals surface area contributed by atoms with E-state index in [-0.39, 0.29) is 11.8 Å². The molecule has 2 N–H and O–H groups in total. The van der Waals surface area contributed by atoms with Crippen molar-refractivity contribution < 1.29 is 4.79 Å². The molecule has 0 bridgehead atoms. The number of Topliss-reactive ketones (excluding diaryl/α,β-unsaturated/α-hetero) is 1. The average Bonchev–Trinajstić information content (AvgIpc) is 2.36. The number of carbonyl (C=O) groups excluding carboxylic acids is 1. The fourth-order valence-corrected chi connectivity index (χ4v) is 2.72. The molecule has 1 aliphatic carbocycles. The first-order valence-electron chi connectivity index (χ1n) is 6.99. The normalized spacial score (nSPS) is 16.4. The zero-order valence-corrected chi connectivity index (χ0v) is 11.4. The maximum absolute atomic E-state index is 12.2. The molecule has 18 heavy (non-hydrogen) atoms. The second-order valence-corrected chi connectivity index (χ2v) is 5.79. The quantitative estimate of drug-likeness (QED) is 0.828. The summed E-state index contributed by atoms with van der Waals surface area (Å²) in [6.45, 7) is 4.19. The highest BCUT2D eigenvalue weighted by Gasteiger charge is 2.18. The van der Waals surface area contributed by atoms with Crippen LogP contribution in [0.3, 0.4) is 0 Å². The van der Waals surface area contributed by atoms with Crippen LogP contribution >= 0.6 is 0 Å². The third-order valence-corrected chi connectivity index (χ3v) is 3.70. The van der Waals surface area contributed by atoms with Gasteiger partial charge in [-0.25, -0.2) is 0 Å². The van der Waals surface area contributed by atoms with Crippen molar-refractivity contribution in [3.63, 3.8) is 0 Å². The number of hydrogen-bond donors (Lipinski definition) is 1. The first kappa shape index (κ1) is 13.3. The number of benzene rings is 1. The summed E-state index contributed by atoms with van der Waals surface area (Å²) in [7, 11) is 0. The molecule has 1 aromatic rings. The van der Waals surface area contributed by atoms with E-state index in [9.17, 15) is 4.79 Å². The summed E-state index contributed by atoms with van der Waals surface area (Å²) in [5, 5.41) is 0. The van der Waals surface area contributed by atoms with Crippen molar-refractivity contribution in [2.24, 2.45) is 11.7 Å². The number of nitrogens with two attached hydrogens (primary N) is 1. The minimum absolute atomic E-state index is 0.0945. The Balaban J connectivity index is 2.15. The summed E-state index contributed by atoms with van der Waals surface area (Å²) in [5.41, 5.74) is 9.53. The minimum atomic E-state index is -0.355. The molecule has 0 spiro atoms. The summed E-state index contributed by atoms with van der Waals surface area (Å²) < 4.78 is 0. The molecule has 0 fully saturated rings. The molecule has 2 nitrogen and oxygen atoms in total. The molecule has 0 radical (unpaired) electrons. The van der Waals surface area contributed by atoms with Crippen LogP contribution in [0.4, 0.5) is 0 Å². The molecule has 0 amide bonds. The first-order valence-corrected chi connectivity index (χ1v) is 6.99. The Labute approximate surface area is 110 Å². The van der Waals surface area contributed by atoms with E-state index in [2.05, 4.69) is 26.0 Å². The summed E-state index contributed by atoms with van der Waals surface area (Å²) in [6.07, 6.45) is 5.53. The maximum atomic E-state index is 12.2. The molecule has 0 aliphatic heterocycles. The van der Waals surface area contributed by atoms with Crippen molar-refractivity contribution in [3.05, 3.63) is 34.9 Å². The lowest BCUT2D eigenvalue weighted by Gasteiger charge is -2.18. The lowest BCUT2D eigenvalue weighted by molar-refractivity contribution is 0.0951. The van der Waals surface area contributed by atoms with Crippen molar-refractivity contribution in [2.45, 2.75) is 52.0 Å². The highest BCUT2D eigenvalue weighted by molar-refractivity contribution is 6.00. The lowest BCUT2D eigenvalue weighted by Crippen LogP contribution is -2.32. The fraction of sp³-hybridized carbons (Fsp3) is 0.562. The fourth-order valence-electron chi connectivity index (χ4n) is 2.72. The Kier molecular flexibility index (Phi) is 4.18. The summed E-state index contributed by atoms with van der Waals surface area (Å²) in [4.78, 5) is 12.2. The number of aryl methyl sites for hydroxylation is 2. The SMILES string of the molecule is CC(C)CC(N)C(=O)c1ccc2c(c1)CCCC2. The van der Waals surface area contributed by atoms with Crippen molar-refractivity contribution in [1.82, 2.24) is 0 Å². The molecule has 2 rings (SSSR count). The van der Waals surface area contributed by atoms with Gasteiger partial charge in [-0.05, 0) is 55.2 Å². The van der Waals surface area contributed by atoms with E-state index in [1.807, 2.05) is 6.07 Å². The number of rotatable bonds is 4. The average molecular weight is 245 g/mol. The third kappa shape index (κ3) is 2.99. The van der Waals surface area contributed by atoms with Gasteiger partial charge in [0, 0.05) is 5.56 Å². The van der Waals surface area contributed by atoms with Gasteiger partial charge in [-0.3, -0.25) is 4.79 Å². The van der Waals surface area contributed by atoms with E-state index in [1.165, 1.54) is 24.0 Å². The molecular formula is C16H23NO. The predicted octanol–water partition coefficient (Wildman–Crippen LogP) is 3.12. The van der Waals surface area contributed by atoms with Gasteiger partial charge in [0.25, 0.3) is 0 Å². The smallest absolute Gasteiger partial charge is 0.179 e. The lowest BCUT2D eigenvalue weighted by atomic mass is 9.88. The molecular weight excluding hydrogens is 222 g/mol. The van der Waals surface area contributed by atoms with Gasteiger partial charge in [-0.1, -0.05) is 26.0 Å². The zero-order chi connectivity index (χ0) is 13.1. The molecule has 0 saturated heterocycles. The molecule has 1 aliphatic rings. The third-order valence-electron chi connectivity index (χ3n) is 3.70. The number of carbonyl (C=O) groups is 1. The van der Waals surface area contributed by atoms with Crippen molar-refractivity contribution in [3.8, 4) is 0 Å². The standard InChI is InChI=1S/C16H23NO/c1-11(2)9-15(17)16(18)14-8-7-12-5-3-4-6-13(12)10-14/h7-8,10-11,15H,3-6,9,17H2,1-2H3. The Hall–Kier alpha value is -1.15. The highest BCUT2D eigenvalue weighted by Crippen LogP contribution is 2.23. The second-order valence-electron chi connectivity index (χ2n) is 5.79. The van der Waals surface area contributed by atoms with Crippen LogP contribution < -0.4 is 5.73 Å². The van der Waals surface area contributed by atoms with Gasteiger partial charge in [-0.15, -0.1) is 0 Å². The minimum Gasteiger partial charge on any atom is -0.321 e. The maximum Gasteiger partial charge on any atom is 0.179 e. The van der Waals surface area contributed by atoms with E-state index >= 15 is 0 Å². The molecule has 1 unspecified atom stereocenters. The van der Waals surface area contributed by atoms with Crippen LogP contribution in [-0.2, 0) is 12.8 Å². The largest absolute Gasteiger partial charge is 0.321 e. The van der Waals surface area contributed by atoms with Crippen LogP contribution in [-0.4, -0.2) is 11.8 Å². The van der Waals surface area contributed by atoms with E-state index < -0.39 is 0 Å². The molecule has 98 valence electrons. The Morgan fingerprint density at radius 1 is 1.22 bits per heavy atom. The molecule has 0 heterocycles. The van der Waals surface area contributed by atoms with E-state index in [1.54, 1.807) is 0 Å². The Morgan fingerprint density at radius 2 is 1.89 bits per heavy atom. The molecule has 2 heteroatoms. The molecule has 1 atom stereocenters. The van der Waals surface area contributed by atoms with Gasteiger partial charge in [-0.2, -0.15) is 0 Å². The predicted molar refractivity (Wildman–Crippen MR) is 74.8 cm³/mol. The Morgan fingerprint density at radius 3 is 2.56 bits per heavy atom. The zero-order valence-electron chi connectivity index (χ0n) is 11.4. The summed E-state index contributed by atoms with van der Waals surface area (Å²) in [6, 6.07) is 5.78. The van der Waals surface area contributed by atoms with Gasteiger partial charge in [0.2, 0.25) is 0 Å². The van der Waals surface area contributed by atoms with Crippen LogP contribution in [0.15, 0.2) is 18.2 Å². The highest BCUT2D eigenvalue weighted by atomic mass is 16.1. The number of ketones is 1. The summed E-state index contributed by atoms with van der Waals surface area (Å²) >= 11 is 0. The van der Waals surface area contributed by atoms with Crippen LogP contribution in [0.1, 0.15) is 54.6 Å². The molecule has 0 saturated carbocycles. The van der Waals surface area contributed by atoms with E-state index in [0.29, 0.717) is 5.92 Å². The Bertz CT molecular complexity index is 437. The second kappa shape index (κ2) is 5.66. The first-order chi connectivity index (χ1) is 8.58. The van der Waals surface area contributed by atoms with E-state index in [0.717, 1.165) is 24.8 Å². The van der Waals surface area contributed by atoms with Crippen LogP contribution in [0.2, 0.25) is 0 Å². The molecule has 1 aromatic carbocycles. The van der Waals surface area contributed by atoms with E-state index in [4.69, 9.17) is 5.73 Å². The summed E-state index contributed by atoms with van der Waals surface area (Å²) in [5.74, 6) is 0.554. The van der Waals surface area contributed by atoms with Crippen molar-refractivity contribution in [2.75, 3.05) is 0 Å². The van der Waals surface area contributed by atoms with Crippen molar-refractivity contribution >= 4 is 5.78 Å². The number of fused-ring (bicyclic) bond motifs is 1. The van der Waals surface area contributed by atoms with Crippen molar-refractivity contribution in [1.29, 1.82) is 0 Å². The van der Waals surface area contributed by atoms with Gasteiger partial charge in [0.1, 0.15) is 0 Å². The van der Waals surface area contributed by atoms with Gasteiger partial charge in [0.05, 0.1) is 6.04 Å². The van der Waals surface area contributed by atoms with Crippen LogP contribution in [0.25, 0.3) is 0 Å². The van der Waals surface area contributed by atoms with Gasteiger partial charge < -0.3 is 5.73 Å². The topological polar surface area (TPSA) is 43.1 Å². The van der Waals surface area contributed by atoms with Gasteiger partial charge in [0.15, 0.2) is 5.78 Å². The van der Waals surface area contributed by atoms with Gasteiger partial charge >= 0.3 is 0 Å². The monoisotopic (exact) mass is 245 g/mol.